The van der Waals surface area contributed by atoms with Crippen molar-refractivity contribution in [2.24, 2.45) is 0 Å². The summed E-state index contributed by atoms with van der Waals surface area (Å²) in [4.78, 5) is 0. The molecule has 39 valence electrons. The van der Waals surface area contributed by atoms with Gasteiger partial charge >= 0.3 is 0 Å². The monoisotopic (exact) mass is 137 g/mol. The summed E-state index contributed by atoms with van der Waals surface area (Å²) >= 11 is 0. The van der Waals surface area contributed by atoms with E-state index in [1.54, 1.807) is 0 Å². The standard InChI is InChI=1S/C7H8.Sc/c1-2-4-6-7-5-3-1;/h1-6H,7H2;. The minimum Gasteiger partial charge on any atom is -0.0807 e. The molecule has 0 amide bonds. The van der Waals surface area contributed by atoms with Crippen LogP contribution in [0.25, 0.3) is 0 Å². The van der Waals surface area contributed by atoms with Crippen molar-refractivity contribution in [2.75, 3.05) is 0 Å². The van der Waals surface area contributed by atoms with Gasteiger partial charge in [-0.3, -0.25) is 0 Å². The Kier molecular flexibility index (Phi) is 5.29. The van der Waals surface area contributed by atoms with Crippen LogP contribution in [-0.2, 0) is 25.8 Å². The Labute approximate surface area is 68.8 Å². The van der Waals surface area contributed by atoms with Gasteiger partial charge in [0.1, 0.15) is 0 Å². The van der Waals surface area contributed by atoms with E-state index in [9.17, 15) is 0 Å². The molecule has 0 spiro atoms. The third-order valence-corrected chi connectivity index (χ3v) is 0.878. The van der Waals surface area contributed by atoms with Gasteiger partial charge in [0.05, 0.1) is 0 Å². The topological polar surface area (TPSA) is 0 Å². The van der Waals surface area contributed by atoms with Crippen LogP contribution in [0.3, 0.4) is 0 Å². The smallest absolute Gasteiger partial charge is 0 e. The summed E-state index contributed by atoms with van der Waals surface area (Å²) in [7, 11) is 0. The summed E-state index contributed by atoms with van der Waals surface area (Å²) in [5.74, 6) is 0. The molecule has 0 saturated carbocycles. The van der Waals surface area contributed by atoms with Crippen molar-refractivity contribution in [3.63, 3.8) is 0 Å². The Morgan fingerprint density at radius 2 is 1.25 bits per heavy atom. The Balaban J connectivity index is 0.000000490. The van der Waals surface area contributed by atoms with Gasteiger partial charge in [-0.15, -0.1) is 0 Å². The van der Waals surface area contributed by atoms with E-state index >= 15 is 0 Å². The molecule has 0 heterocycles. The molecule has 0 atom stereocenters. The first-order valence-corrected chi connectivity index (χ1v) is 2.48. The third-order valence-electron chi connectivity index (χ3n) is 0.878. The average molecular weight is 137 g/mol. The minimum absolute atomic E-state index is 0. The van der Waals surface area contributed by atoms with Gasteiger partial charge in [0.15, 0.2) is 0 Å². The molecule has 0 aromatic heterocycles. The summed E-state index contributed by atoms with van der Waals surface area (Å²) in [5.41, 5.74) is 0. The minimum atomic E-state index is 0. The molecule has 1 heteroatoms. The Hall–Kier alpha value is 0.0901. The molecule has 0 nitrogen and oxygen atoms in total. The van der Waals surface area contributed by atoms with Gasteiger partial charge in [0.2, 0.25) is 0 Å². The Bertz CT molecular complexity index is 106. The third kappa shape index (κ3) is 3.14. The van der Waals surface area contributed by atoms with Gasteiger partial charge in [-0.05, 0) is 6.42 Å². The summed E-state index contributed by atoms with van der Waals surface area (Å²) in [6.07, 6.45) is 13.5. The number of allylic oxidation sites excluding steroid dienone is 6. The van der Waals surface area contributed by atoms with Gasteiger partial charge in [0.25, 0.3) is 0 Å². The van der Waals surface area contributed by atoms with Crippen LogP contribution in [0.4, 0.5) is 0 Å². The number of hydrogen-bond acceptors (Lipinski definition) is 0. The maximum absolute atomic E-state index is 2.12. The van der Waals surface area contributed by atoms with Crippen LogP contribution in [0.5, 0.6) is 0 Å². The van der Waals surface area contributed by atoms with Crippen LogP contribution >= 0.6 is 0 Å². The maximum atomic E-state index is 2.12. The van der Waals surface area contributed by atoms with Crippen molar-refractivity contribution in [1.29, 1.82) is 0 Å². The first-order chi connectivity index (χ1) is 3.50. The Morgan fingerprint density at radius 1 is 0.750 bits per heavy atom. The fourth-order valence-corrected chi connectivity index (χ4v) is 0.521. The second-order valence-electron chi connectivity index (χ2n) is 1.48. The molecule has 0 N–H and O–H groups in total. The predicted molar refractivity (Wildman–Crippen MR) is 32.0 cm³/mol. The fraction of sp³-hybridized carbons (Fsp3) is 0.143. The van der Waals surface area contributed by atoms with E-state index in [1.807, 2.05) is 12.2 Å². The van der Waals surface area contributed by atoms with Crippen LogP contribution in [-0.4, -0.2) is 0 Å². The van der Waals surface area contributed by atoms with E-state index in [0.717, 1.165) is 6.42 Å². The molecule has 0 aliphatic heterocycles. The summed E-state index contributed by atoms with van der Waals surface area (Å²) in [6.45, 7) is 0. The van der Waals surface area contributed by atoms with Crippen molar-refractivity contribution in [1.82, 2.24) is 0 Å². The van der Waals surface area contributed by atoms with Gasteiger partial charge < -0.3 is 0 Å². The molecule has 1 rings (SSSR count). The summed E-state index contributed by atoms with van der Waals surface area (Å²) < 4.78 is 0. The van der Waals surface area contributed by atoms with Gasteiger partial charge in [-0.1, -0.05) is 36.5 Å². The SMILES string of the molecule is C1=CC=CCC=C1.[Sc]. The number of rotatable bonds is 0. The van der Waals surface area contributed by atoms with E-state index < -0.39 is 0 Å². The van der Waals surface area contributed by atoms with Crippen molar-refractivity contribution in [3.8, 4) is 0 Å². The first kappa shape index (κ1) is 8.09. The normalized spacial score (nSPS) is 15.0. The van der Waals surface area contributed by atoms with E-state index in [-0.39, 0.29) is 25.8 Å². The van der Waals surface area contributed by atoms with Crippen molar-refractivity contribution >= 4 is 0 Å². The molecule has 1 radical (unpaired) electrons. The van der Waals surface area contributed by atoms with E-state index in [4.69, 9.17) is 0 Å². The second kappa shape index (κ2) is 5.23. The molecule has 8 heavy (non-hydrogen) atoms. The predicted octanol–water partition coefficient (Wildman–Crippen LogP) is 2.06. The van der Waals surface area contributed by atoms with Crippen molar-refractivity contribution in [3.05, 3.63) is 36.5 Å². The molecular formula is C7H8Sc. The van der Waals surface area contributed by atoms with Gasteiger partial charge in [-0.2, -0.15) is 0 Å². The zero-order valence-electron chi connectivity index (χ0n) is 4.75. The molecule has 1 aliphatic carbocycles. The van der Waals surface area contributed by atoms with Crippen LogP contribution < -0.4 is 0 Å². The maximum Gasteiger partial charge on any atom is 0 e. The van der Waals surface area contributed by atoms with Crippen molar-refractivity contribution < 1.29 is 25.8 Å². The van der Waals surface area contributed by atoms with E-state index in [1.165, 1.54) is 0 Å². The van der Waals surface area contributed by atoms with Crippen LogP contribution in [0.2, 0.25) is 0 Å². The van der Waals surface area contributed by atoms with Gasteiger partial charge in [-0.25, -0.2) is 0 Å². The largest absolute Gasteiger partial charge is 0.0807 e. The zero-order chi connectivity index (χ0) is 4.95. The fourth-order valence-electron chi connectivity index (χ4n) is 0.521. The average Bonchev–Trinajstić information content (AvgIpc) is 1.90. The van der Waals surface area contributed by atoms with Crippen LogP contribution in [0.1, 0.15) is 6.42 Å². The molecule has 0 saturated heterocycles. The first-order valence-electron chi connectivity index (χ1n) is 2.48. The van der Waals surface area contributed by atoms with Crippen molar-refractivity contribution in [2.45, 2.75) is 6.42 Å². The quantitative estimate of drug-likeness (QED) is 0.479. The molecule has 1 aliphatic rings. The number of hydrogen-bond donors (Lipinski definition) is 0. The molecule has 0 aromatic carbocycles. The zero-order valence-corrected chi connectivity index (χ0v) is 6.55. The van der Waals surface area contributed by atoms with E-state index in [2.05, 4.69) is 24.3 Å². The van der Waals surface area contributed by atoms with Gasteiger partial charge in [0, 0.05) is 25.8 Å². The molecular weight excluding hydrogens is 129 g/mol. The van der Waals surface area contributed by atoms with E-state index in [0.29, 0.717) is 0 Å². The molecule has 0 unspecified atom stereocenters. The molecule has 0 aromatic rings. The Morgan fingerprint density at radius 3 is 1.75 bits per heavy atom. The second-order valence-corrected chi connectivity index (χ2v) is 1.48. The summed E-state index contributed by atoms with van der Waals surface area (Å²) in [5, 5.41) is 0. The summed E-state index contributed by atoms with van der Waals surface area (Å²) in [6, 6.07) is 0. The van der Waals surface area contributed by atoms with Crippen LogP contribution in [0.15, 0.2) is 36.5 Å². The molecule has 0 bridgehead atoms. The van der Waals surface area contributed by atoms with Crippen LogP contribution in [0, 0.1) is 0 Å². The molecule has 0 fully saturated rings.